The quantitative estimate of drug-likeness (QED) is 0.261. The number of Topliss-reactive ketones (excluding diaryl/α,β-unsaturated/α-hetero) is 1. The van der Waals surface area contributed by atoms with Crippen LogP contribution in [0.2, 0.25) is 0 Å². The molecule has 13 nitrogen and oxygen atoms in total. The van der Waals surface area contributed by atoms with Gasteiger partial charge in [-0.3, -0.25) is 14.4 Å². The number of fused-ring (bicyclic) bond motifs is 2. The Hall–Kier alpha value is -3.97. The van der Waals surface area contributed by atoms with Gasteiger partial charge in [0.2, 0.25) is 11.6 Å². The number of alkyl carbamates (subject to hydrolysis) is 2. The highest BCUT2D eigenvalue weighted by Crippen LogP contribution is 2.30. The van der Waals surface area contributed by atoms with Gasteiger partial charge in [0.05, 0.1) is 23.6 Å². The van der Waals surface area contributed by atoms with Gasteiger partial charge in [0.15, 0.2) is 6.10 Å². The van der Waals surface area contributed by atoms with Gasteiger partial charge in [0, 0.05) is 58.5 Å². The maximum absolute atomic E-state index is 13.6. The van der Waals surface area contributed by atoms with Crippen molar-refractivity contribution in [3.63, 3.8) is 0 Å². The standard InChI is InChI=1S/C32H48N4O9/c1-17-13-21-26(33-5)23(37)16-22(27(21)38)36-30(39)18(2)11-10-12-24(42-8)28(44-31(40)34-6)19(3)15-20(4)29(25(14-17)43-9)45-32(41)35-7/h11,15-17,20,24-25,28-29,33H,10,12-14H2,1-9H3,(H,34,40)(H,35,41)(H,36,39)/b18-11-,19-15-. The van der Waals surface area contributed by atoms with Gasteiger partial charge in [0.25, 0.3) is 5.91 Å². The third-order valence-corrected chi connectivity index (χ3v) is 7.98. The minimum absolute atomic E-state index is 0.108. The highest BCUT2D eigenvalue weighted by atomic mass is 16.6. The Morgan fingerprint density at radius 3 is 2.13 bits per heavy atom. The second-order valence-corrected chi connectivity index (χ2v) is 11.3. The molecule has 1 aliphatic heterocycles. The number of amides is 3. The van der Waals surface area contributed by atoms with Crippen molar-refractivity contribution >= 4 is 29.7 Å². The van der Waals surface area contributed by atoms with Crippen molar-refractivity contribution in [3.8, 4) is 0 Å². The lowest BCUT2D eigenvalue weighted by molar-refractivity contribution is -0.120. The zero-order valence-corrected chi connectivity index (χ0v) is 27.7. The number of rotatable bonds is 5. The predicted octanol–water partition coefficient (Wildman–Crippen LogP) is 2.83. The van der Waals surface area contributed by atoms with Gasteiger partial charge in [-0.05, 0) is 51.0 Å². The molecule has 0 saturated carbocycles. The van der Waals surface area contributed by atoms with Crippen LogP contribution < -0.4 is 21.3 Å². The van der Waals surface area contributed by atoms with Gasteiger partial charge in [-0.25, -0.2) is 9.59 Å². The van der Waals surface area contributed by atoms with Crippen LogP contribution in [0.15, 0.2) is 46.3 Å². The Kier molecular flexibility index (Phi) is 14.5. The number of carbonyl (C=O) groups is 5. The van der Waals surface area contributed by atoms with Crippen molar-refractivity contribution in [1.82, 2.24) is 21.3 Å². The van der Waals surface area contributed by atoms with Crippen LogP contribution in [0.25, 0.3) is 0 Å². The minimum Gasteiger partial charge on any atom is -0.443 e. The summed E-state index contributed by atoms with van der Waals surface area (Å²) >= 11 is 0. The summed E-state index contributed by atoms with van der Waals surface area (Å²) in [5.41, 5.74) is 1.30. The molecule has 6 atom stereocenters. The second kappa shape index (κ2) is 17.5. The van der Waals surface area contributed by atoms with E-state index < -0.39 is 60.0 Å². The minimum atomic E-state index is -0.803. The molecule has 6 unspecified atom stereocenters. The molecule has 1 heterocycles. The lowest BCUT2D eigenvalue weighted by Crippen LogP contribution is -2.41. The molecule has 0 aromatic rings. The molecule has 0 fully saturated rings. The van der Waals surface area contributed by atoms with Crippen LogP contribution in [0.1, 0.15) is 53.4 Å². The Morgan fingerprint density at radius 2 is 1.56 bits per heavy atom. The predicted molar refractivity (Wildman–Crippen MR) is 167 cm³/mol. The van der Waals surface area contributed by atoms with E-state index in [0.717, 1.165) is 6.08 Å². The molecular formula is C32H48N4O9. The van der Waals surface area contributed by atoms with Crippen LogP contribution in [-0.2, 0) is 33.3 Å². The molecule has 2 rings (SSSR count). The molecule has 250 valence electrons. The van der Waals surface area contributed by atoms with Gasteiger partial charge >= 0.3 is 12.2 Å². The lowest BCUT2D eigenvalue weighted by atomic mass is 9.85. The fraction of sp³-hybridized carbons (Fsp3) is 0.594. The Morgan fingerprint density at radius 1 is 0.933 bits per heavy atom. The van der Waals surface area contributed by atoms with E-state index in [1.54, 1.807) is 27.0 Å². The number of ether oxygens (including phenoxy) is 4. The summed E-state index contributed by atoms with van der Waals surface area (Å²) in [6.45, 7) is 7.17. The zero-order chi connectivity index (χ0) is 33.8. The molecular weight excluding hydrogens is 584 g/mol. The number of methoxy groups -OCH3 is 2. The summed E-state index contributed by atoms with van der Waals surface area (Å²) in [4.78, 5) is 64.4. The third-order valence-electron chi connectivity index (χ3n) is 7.98. The van der Waals surface area contributed by atoms with E-state index in [0.29, 0.717) is 30.4 Å². The molecule has 0 aromatic carbocycles. The van der Waals surface area contributed by atoms with Crippen LogP contribution in [0, 0.1) is 11.8 Å². The number of allylic oxidation sites excluding steroid dienone is 3. The first kappa shape index (κ1) is 37.2. The maximum atomic E-state index is 13.6. The summed E-state index contributed by atoms with van der Waals surface area (Å²) in [7, 11) is 7.48. The third kappa shape index (κ3) is 10.0. The van der Waals surface area contributed by atoms with E-state index in [1.807, 2.05) is 19.9 Å². The van der Waals surface area contributed by atoms with Crippen LogP contribution in [0.3, 0.4) is 0 Å². The Bertz CT molecular complexity index is 1250. The number of hydrogen-bond acceptors (Lipinski definition) is 10. The summed E-state index contributed by atoms with van der Waals surface area (Å²) in [6.07, 6.45) is 1.86. The number of hydrogen-bond donors (Lipinski definition) is 4. The number of carbonyl (C=O) groups excluding carboxylic acids is 5. The summed E-state index contributed by atoms with van der Waals surface area (Å²) in [5, 5.41) is 10.4. The SMILES string of the molecule is CNC(=O)OC1/C(C)=C\C(C)C(OC(=O)NC)C(OC)CC(C)CC2=C(NC)C(=O)C=C(NC(=O)/C(C)=C\CCC1OC)C2=O. The van der Waals surface area contributed by atoms with E-state index in [9.17, 15) is 24.0 Å². The maximum Gasteiger partial charge on any atom is 0.407 e. The van der Waals surface area contributed by atoms with Gasteiger partial charge in [-0.15, -0.1) is 0 Å². The van der Waals surface area contributed by atoms with Crippen LogP contribution in [-0.4, -0.2) is 89.4 Å². The molecule has 2 bridgehead atoms. The van der Waals surface area contributed by atoms with Gasteiger partial charge < -0.3 is 40.2 Å². The molecule has 45 heavy (non-hydrogen) atoms. The molecule has 13 heteroatoms. The normalized spacial score (nSPS) is 29.7. The van der Waals surface area contributed by atoms with Crippen molar-refractivity contribution in [1.29, 1.82) is 0 Å². The van der Waals surface area contributed by atoms with Crippen molar-refractivity contribution < 1.29 is 42.9 Å². The second-order valence-electron chi connectivity index (χ2n) is 11.3. The fourth-order valence-corrected chi connectivity index (χ4v) is 5.56. The van der Waals surface area contributed by atoms with Crippen molar-refractivity contribution in [2.45, 2.75) is 77.8 Å². The molecule has 0 saturated heterocycles. The molecule has 3 amide bonds. The highest BCUT2D eigenvalue weighted by Gasteiger charge is 2.35. The highest BCUT2D eigenvalue weighted by molar-refractivity contribution is 6.23. The van der Waals surface area contributed by atoms with Gasteiger partial charge in [-0.2, -0.15) is 0 Å². The molecule has 0 radical (unpaired) electrons. The summed E-state index contributed by atoms with van der Waals surface area (Å²) < 4.78 is 23.1. The number of likely N-dealkylation sites (N-methyl/N-ethyl adjacent to an activating group) is 1. The number of ketones is 2. The summed E-state index contributed by atoms with van der Waals surface area (Å²) in [6, 6.07) is 0. The smallest absolute Gasteiger partial charge is 0.407 e. The van der Waals surface area contributed by atoms with Crippen LogP contribution >= 0.6 is 0 Å². The number of nitrogens with one attached hydrogen (secondary N) is 4. The topological polar surface area (TPSA) is 170 Å². The van der Waals surface area contributed by atoms with Crippen LogP contribution in [0.5, 0.6) is 0 Å². The van der Waals surface area contributed by atoms with E-state index in [4.69, 9.17) is 18.9 Å². The van der Waals surface area contributed by atoms with E-state index in [1.165, 1.54) is 28.3 Å². The van der Waals surface area contributed by atoms with Crippen molar-refractivity contribution in [3.05, 3.63) is 46.3 Å². The van der Waals surface area contributed by atoms with Crippen molar-refractivity contribution in [2.75, 3.05) is 35.4 Å². The molecule has 0 spiro atoms. The fourth-order valence-electron chi connectivity index (χ4n) is 5.56. The first-order chi connectivity index (χ1) is 21.3. The van der Waals surface area contributed by atoms with E-state index >= 15 is 0 Å². The molecule has 1 aliphatic carbocycles. The van der Waals surface area contributed by atoms with E-state index in [2.05, 4.69) is 21.3 Å². The van der Waals surface area contributed by atoms with Gasteiger partial charge in [0.1, 0.15) is 6.10 Å². The average molecular weight is 633 g/mol. The zero-order valence-electron chi connectivity index (χ0n) is 27.7. The Labute approximate surface area is 265 Å². The molecule has 0 aromatic heterocycles. The Balaban J connectivity index is 2.67. The van der Waals surface area contributed by atoms with Gasteiger partial charge in [-0.1, -0.05) is 26.0 Å². The first-order valence-electron chi connectivity index (χ1n) is 15.0. The monoisotopic (exact) mass is 632 g/mol. The van der Waals surface area contributed by atoms with E-state index in [-0.39, 0.29) is 29.3 Å². The molecule has 4 N–H and O–H groups in total. The van der Waals surface area contributed by atoms with Crippen molar-refractivity contribution in [2.24, 2.45) is 11.8 Å². The average Bonchev–Trinajstić information content (AvgIpc) is 3.01. The van der Waals surface area contributed by atoms with Crippen LogP contribution in [0.4, 0.5) is 9.59 Å². The lowest BCUT2D eigenvalue weighted by Gasteiger charge is -2.32. The largest absolute Gasteiger partial charge is 0.443 e. The first-order valence-corrected chi connectivity index (χ1v) is 15.0. The molecule has 2 aliphatic rings. The summed E-state index contributed by atoms with van der Waals surface area (Å²) in [5.74, 6) is -2.05.